The highest BCUT2D eigenvalue weighted by Crippen LogP contribution is 2.18. The minimum Gasteiger partial charge on any atom is -0.494 e. The lowest BCUT2D eigenvalue weighted by molar-refractivity contribution is 0.309. The summed E-state index contributed by atoms with van der Waals surface area (Å²) in [6, 6.07) is 12.9. The van der Waals surface area contributed by atoms with Gasteiger partial charge in [-0.05, 0) is 49.1 Å². The molecule has 0 spiro atoms. The average molecular weight is 340 g/mol. The summed E-state index contributed by atoms with van der Waals surface area (Å²) < 4.78 is 5.72. The largest absolute Gasteiger partial charge is 0.494 e. The van der Waals surface area contributed by atoms with Crippen LogP contribution in [0.3, 0.4) is 0 Å². The molecule has 1 fully saturated rings. The number of nitrogens with one attached hydrogen (secondary N) is 1. The summed E-state index contributed by atoms with van der Waals surface area (Å²) in [7, 11) is 0. The molecule has 0 bridgehead atoms. The minimum absolute atomic E-state index is 0.483. The van der Waals surface area contributed by atoms with Crippen LogP contribution in [-0.4, -0.2) is 35.9 Å². The number of hydrogen-bond acceptors (Lipinski definition) is 5. The molecule has 1 saturated heterocycles. The SMILES string of the molecule is CCCCOc1ccc(CNC2CCCN(c3cccnn3)C2)cc1. The van der Waals surface area contributed by atoms with E-state index in [0.717, 1.165) is 50.7 Å². The highest BCUT2D eigenvalue weighted by molar-refractivity contribution is 5.37. The van der Waals surface area contributed by atoms with Gasteiger partial charge in [0.1, 0.15) is 5.75 Å². The molecule has 5 nitrogen and oxygen atoms in total. The Labute approximate surface area is 150 Å². The van der Waals surface area contributed by atoms with Crippen molar-refractivity contribution < 1.29 is 4.74 Å². The highest BCUT2D eigenvalue weighted by atomic mass is 16.5. The Morgan fingerprint density at radius 1 is 1.24 bits per heavy atom. The lowest BCUT2D eigenvalue weighted by Crippen LogP contribution is -2.45. The number of unbranched alkanes of at least 4 members (excludes halogenated alkanes) is 1. The van der Waals surface area contributed by atoms with Gasteiger partial charge in [-0.2, -0.15) is 5.10 Å². The molecule has 1 aliphatic rings. The zero-order valence-corrected chi connectivity index (χ0v) is 15.0. The number of anilines is 1. The molecule has 1 unspecified atom stereocenters. The Morgan fingerprint density at radius 3 is 2.88 bits per heavy atom. The van der Waals surface area contributed by atoms with Crippen LogP contribution in [0.5, 0.6) is 5.75 Å². The van der Waals surface area contributed by atoms with Crippen molar-refractivity contribution in [3.05, 3.63) is 48.2 Å². The standard InChI is InChI=1S/C20H28N4O/c1-2-3-14-25-19-10-8-17(9-11-19)15-21-18-6-5-13-24(16-18)20-7-4-12-22-23-20/h4,7-12,18,21H,2-3,5-6,13-16H2,1H3. The number of rotatable bonds is 8. The van der Waals surface area contributed by atoms with Crippen molar-refractivity contribution in [2.24, 2.45) is 0 Å². The average Bonchev–Trinajstić information content (AvgIpc) is 2.68. The summed E-state index contributed by atoms with van der Waals surface area (Å²) >= 11 is 0. The van der Waals surface area contributed by atoms with Crippen LogP contribution in [0.1, 0.15) is 38.2 Å². The van der Waals surface area contributed by atoms with Crippen molar-refractivity contribution in [1.82, 2.24) is 15.5 Å². The molecular formula is C20H28N4O. The fourth-order valence-electron chi connectivity index (χ4n) is 3.11. The van der Waals surface area contributed by atoms with E-state index in [9.17, 15) is 0 Å². The van der Waals surface area contributed by atoms with E-state index in [1.54, 1.807) is 6.20 Å². The van der Waals surface area contributed by atoms with Gasteiger partial charge in [0.05, 0.1) is 6.61 Å². The predicted molar refractivity (Wildman–Crippen MR) is 101 cm³/mol. The third-order valence-corrected chi connectivity index (χ3v) is 4.59. The Morgan fingerprint density at radius 2 is 2.12 bits per heavy atom. The summed E-state index contributed by atoms with van der Waals surface area (Å²) in [5.74, 6) is 1.94. The first kappa shape index (κ1) is 17.7. The van der Waals surface area contributed by atoms with Gasteiger partial charge in [0.25, 0.3) is 0 Å². The maximum absolute atomic E-state index is 5.72. The van der Waals surface area contributed by atoms with Crippen LogP contribution >= 0.6 is 0 Å². The predicted octanol–water partition coefficient (Wildman–Crippen LogP) is 3.41. The van der Waals surface area contributed by atoms with E-state index >= 15 is 0 Å². The number of ether oxygens (including phenoxy) is 1. The van der Waals surface area contributed by atoms with Crippen LogP contribution in [0.15, 0.2) is 42.6 Å². The quantitative estimate of drug-likeness (QED) is 0.746. The normalized spacial score (nSPS) is 17.5. The topological polar surface area (TPSA) is 50.3 Å². The zero-order valence-electron chi connectivity index (χ0n) is 15.0. The highest BCUT2D eigenvalue weighted by Gasteiger charge is 2.20. The first-order valence-electron chi connectivity index (χ1n) is 9.33. The van der Waals surface area contributed by atoms with Crippen LogP contribution in [0.4, 0.5) is 5.82 Å². The van der Waals surface area contributed by atoms with E-state index in [0.29, 0.717) is 6.04 Å². The van der Waals surface area contributed by atoms with E-state index in [2.05, 4.69) is 51.6 Å². The first-order chi connectivity index (χ1) is 12.3. The van der Waals surface area contributed by atoms with Crippen LogP contribution in [0.25, 0.3) is 0 Å². The Balaban J connectivity index is 1.46. The fourth-order valence-corrected chi connectivity index (χ4v) is 3.11. The number of aromatic nitrogens is 2. The second-order valence-corrected chi connectivity index (χ2v) is 6.59. The molecule has 0 saturated carbocycles. The molecule has 1 aromatic carbocycles. The van der Waals surface area contributed by atoms with E-state index in [1.165, 1.54) is 18.4 Å². The second kappa shape index (κ2) is 9.37. The van der Waals surface area contributed by atoms with E-state index in [1.807, 2.05) is 12.1 Å². The van der Waals surface area contributed by atoms with Gasteiger partial charge >= 0.3 is 0 Å². The molecule has 5 heteroatoms. The van der Waals surface area contributed by atoms with Gasteiger partial charge in [-0.25, -0.2) is 0 Å². The number of benzene rings is 1. The lowest BCUT2D eigenvalue weighted by atomic mass is 10.1. The molecule has 2 aromatic rings. The third-order valence-electron chi connectivity index (χ3n) is 4.59. The Hall–Kier alpha value is -2.14. The molecule has 25 heavy (non-hydrogen) atoms. The molecule has 1 N–H and O–H groups in total. The van der Waals surface area contributed by atoms with Gasteiger partial charge in [-0.3, -0.25) is 0 Å². The van der Waals surface area contributed by atoms with Crippen LogP contribution < -0.4 is 15.0 Å². The van der Waals surface area contributed by atoms with Crippen molar-refractivity contribution >= 4 is 5.82 Å². The number of nitrogens with zero attached hydrogens (tertiary/aromatic N) is 3. The van der Waals surface area contributed by atoms with Gasteiger partial charge in [0.2, 0.25) is 0 Å². The second-order valence-electron chi connectivity index (χ2n) is 6.59. The molecule has 1 atom stereocenters. The van der Waals surface area contributed by atoms with Crippen LogP contribution in [0.2, 0.25) is 0 Å². The van der Waals surface area contributed by atoms with Crippen LogP contribution in [-0.2, 0) is 6.54 Å². The molecule has 0 amide bonds. The van der Waals surface area contributed by atoms with Gasteiger partial charge in [-0.15, -0.1) is 5.10 Å². The van der Waals surface area contributed by atoms with E-state index in [4.69, 9.17) is 4.74 Å². The van der Waals surface area contributed by atoms with Crippen molar-refractivity contribution in [2.45, 2.75) is 45.2 Å². The summed E-state index contributed by atoms with van der Waals surface area (Å²) in [4.78, 5) is 2.32. The lowest BCUT2D eigenvalue weighted by Gasteiger charge is -2.33. The molecule has 134 valence electrons. The van der Waals surface area contributed by atoms with Gasteiger partial charge in [0.15, 0.2) is 5.82 Å². The zero-order chi connectivity index (χ0) is 17.3. The van der Waals surface area contributed by atoms with Gasteiger partial charge in [0, 0.05) is 31.9 Å². The fraction of sp³-hybridized carbons (Fsp3) is 0.500. The summed E-state index contributed by atoms with van der Waals surface area (Å²) in [6.07, 6.45) is 6.37. The summed E-state index contributed by atoms with van der Waals surface area (Å²) in [6.45, 7) is 5.90. The third kappa shape index (κ3) is 5.43. The summed E-state index contributed by atoms with van der Waals surface area (Å²) in [5.41, 5.74) is 1.29. The molecule has 3 rings (SSSR count). The van der Waals surface area contributed by atoms with Crippen molar-refractivity contribution in [3.63, 3.8) is 0 Å². The number of hydrogen-bond donors (Lipinski definition) is 1. The maximum atomic E-state index is 5.72. The first-order valence-corrected chi connectivity index (χ1v) is 9.33. The molecule has 1 aromatic heterocycles. The van der Waals surface area contributed by atoms with Gasteiger partial charge < -0.3 is 15.0 Å². The maximum Gasteiger partial charge on any atom is 0.151 e. The van der Waals surface area contributed by atoms with Crippen molar-refractivity contribution in [3.8, 4) is 5.75 Å². The molecule has 2 heterocycles. The molecular weight excluding hydrogens is 312 g/mol. The smallest absolute Gasteiger partial charge is 0.151 e. The van der Waals surface area contributed by atoms with Crippen molar-refractivity contribution in [2.75, 3.05) is 24.6 Å². The minimum atomic E-state index is 0.483. The van der Waals surface area contributed by atoms with Crippen LogP contribution in [0, 0.1) is 0 Å². The molecule has 1 aliphatic heterocycles. The van der Waals surface area contributed by atoms with Gasteiger partial charge in [-0.1, -0.05) is 25.5 Å². The van der Waals surface area contributed by atoms with E-state index in [-0.39, 0.29) is 0 Å². The monoisotopic (exact) mass is 340 g/mol. The molecule has 0 aliphatic carbocycles. The molecule has 0 radical (unpaired) electrons. The number of piperidine rings is 1. The Bertz CT molecular complexity index is 617. The Kier molecular flexibility index (Phi) is 6.63. The van der Waals surface area contributed by atoms with E-state index < -0.39 is 0 Å². The van der Waals surface area contributed by atoms with Crippen molar-refractivity contribution in [1.29, 1.82) is 0 Å². The summed E-state index contributed by atoms with van der Waals surface area (Å²) in [5, 5.41) is 11.9.